The van der Waals surface area contributed by atoms with Gasteiger partial charge in [0, 0.05) is 6.54 Å². The van der Waals surface area contributed by atoms with Gasteiger partial charge in [-0.2, -0.15) is 0 Å². The van der Waals surface area contributed by atoms with E-state index < -0.39 is 18.2 Å². The predicted octanol–water partition coefficient (Wildman–Crippen LogP) is -0.161. The van der Waals surface area contributed by atoms with E-state index in [0.29, 0.717) is 46.2 Å². The molecule has 0 aliphatic heterocycles. The molecule has 0 amide bonds. The fourth-order valence-corrected chi connectivity index (χ4v) is 1.41. The van der Waals surface area contributed by atoms with E-state index in [1.165, 1.54) is 0 Å². The van der Waals surface area contributed by atoms with Gasteiger partial charge in [0.15, 0.2) is 0 Å². The normalized spacial score (nSPS) is 13.9. The molecule has 0 heterocycles. The van der Waals surface area contributed by atoms with Crippen LogP contribution in [-0.2, 0) is 28.5 Å². The number of hydrogen-bond acceptors (Lipinski definition) is 7. The molecule has 8 nitrogen and oxygen atoms in total. The highest BCUT2D eigenvalue weighted by molar-refractivity contribution is 5.67. The van der Waals surface area contributed by atoms with Gasteiger partial charge in [0.2, 0.25) is 0 Å². The molecule has 2 atom stereocenters. The second-order valence-electron chi connectivity index (χ2n) is 4.61. The first-order chi connectivity index (χ1) is 11.1. The summed E-state index contributed by atoms with van der Waals surface area (Å²) in [5.74, 6) is -1.00. The number of rotatable bonds is 17. The lowest BCUT2D eigenvalue weighted by Crippen LogP contribution is -2.30. The first-order valence-electron chi connectivity index (χ1n) is 7.56. The van der Waals surface area contributed by atoms with Crippen molar-refractivity contribution in [3.63, 3.8) is 0 Å². The van der Waals surface area contributed by atoms with E-state index in [0.717, 1.165) is 0 Å². The van der Waals surface area contributed by atoms with Crippen LogP contribution in [0.15, 0.2) is 0 Å². The van der Waals surface area contributed by atoms with E-state index >= 15 is 0 Å². The molecule has 0 radical (unpaired) electrons. The van der Waals surface area contributed by atoms with Crippen LogP contribution in [0.1, 0.15) is 6.92 Å². The molecule has 2 unspecified atom stereocenters. The zero-order valence-corrected chi connectivity index (χ0v) is 13.6. The number of hydrogen-bond donors (Lipinski definition) is 2. The molecule has 138 valence electrons. The zero-order valence-electron chi connectivity index (χ0n) is 13.6. The van der Waals surface area contributed by atoms with Gasteiger partial charge in [0.25, 0.3) is 0 Å². The Balaban J connectivity index is 3.12. The van der Waals surface area contributed by atoms with Gasteiger partial charge in [0.05, 0.1) is 59.0 Å². The summed E-state index contributed by atoms with van der Waals surface area (Å²) in [6.45, 7) is 4.12. The van der Waals surface area contributed by atoms with Gasteiger partial charge in [-0.3, -0.25) is 0 Å². The summed E-state index contributed by atoms with van der Waals surface area (Å²) in [5.41, 5.74) is 5.19. The molecule has 0 fully saturated rings. The Hall–Kier alpha value is -0.840. The lowest BCUT2D eigenvalue weighted by Gasteiger charge is -2.15. The van der Waals surface area contributed by atoms with Gasteiger partial charge in [-0.05, 0) is 6.92 Å². The minimum atomic E-state index is -1.16. The zero-order chi connectivity index (χ0) is 17.3. The fourth-order valence-electron chi connectivity index (χ4n) is 1.41. The van der Waals surface area contributed by atoms with Crippen molar-refractivity contribution < 1.29 is 38.0 Å². The molecule has 0 saturated carbocycles. The van der Waals surface area contributed by atoms with E-state index in [-0.39, 0.29) is 19.8 Å². The third kappa shape index (κ3) is 15.8. The van der Waals surface area contributed by atoms with Gasteiger partial charge in [-0.1, -0.05) is 0 Å². The maximum atomic E-state index is 13.1. The minimum Gasteiger partial charge on any atom is -0.480 e. The number of carboxylic acids is 1. The Morgan fingerprint density at radius 2 is 1.39 bits per heavy atom. The fraction of sp³-hybridized carbons (Fsp3) is 0.929. The quantitative estimate of drug-likeness (QED) is 0.351. The van der Waals surface area contributed by atoms with Crippen molar-refractivity contribution in [2.24, 2.45) is 5.73 Å². The highest BCUT2D eigenvalue weighted by Crippen LogP contribution is 2.01. The van der Waals surface area contributed by atoms with Crippen LogP contribution in [-0.4, -0.2) is 89.4 Å². The molecular weight excluding hydrogens is 313 g/mol. The largest absolute Gasteiger partial charge is 0.480 e. The van der Waals surface area contributed by atoms with Crippen LogP contribution >= 0.6 is 0 Å². The van der Waals surface area contributed by atoms with Crippen LogP contribution in [0.5, 0.6) is 0 Å². The molecule has 0 aromatic heterocycles. The number of halogens is 1. The topological polar surface area (TPSA) is 109 Å². The predicted molar refractivity (Wildman–Crippen MR) is 80.3 cm³/mol. The molecule has 0 aromatic carbocycles. The maximum absolute atomic E-state index is 13.1. The van der Waals surface area contributed by atoms with E-state index in [9.17, 15) is 9.18 Å². The Morgan fingerprint density at radius 1 is 0.957 bits per heavy atom. The molecule has 0 aliphatic rings. The van der Waals surface area contributed by atoms with Gasteiger partial charge in [-0.15, -0.1) is 0 Å². The van der Waals surface area contributed by atoms with Crippen molar-refractivity contribution in [3.8, 4) is 0 Å². The van der Waals surface area contributed by atoms with E-state index in [4.69, 9.17) is 34.5 Å². The second kappa shape index (κ2) is 16.0. The Morgan fingerprint density at radius 3 is 1.83 bits per heavy atom. The summed E-state index contributed by atoms with van der Waals surface area (Å²) in [7, 11) is 0. The number of carboxylic acid groups (broad SMARTS) is 1. The molecule has 0 aliphatic carbocycles. The average Bonchev–Trinajstić information content (AvgIpc) is 2.53. The lowest BCUT2D eigenvalue weighted by atomic mass is 10.2. The monoisotopic (exact) mass is 341 g/mol. The number of ether oxygens (including phenoxy) is 5. The lowest BCUT2D eigenvalue weighted by molar-refractivity contribution is -0.142. The summed E-state index contributed by atoms with van der Waals surface area (Å²) in [6, 6.07) is 0. The Labute approximate surface area is 136 Å². The molecule has 9 heteroatoms. The molecule has 0 bridgehead atoms. The smallest absolute Gasteiger partial charge is 0.329 e. The summed E-state index contributed by atoms with van der Waals surface area (Å²) in [6.07, 6.45) is -1.69. The Kier molecular flexibility index (Phi) is 15.4. The van der Waals surface area contributed by atoms with E-state index in [1.807, 2.05) is 0 Å². The van der Waals surface area contributed by atoms with Crippen LogP contribution in [0.4, 0.5) is 4.39 Å². The standard InChI is InChI=1S/C14H28FNO7/c1-12(13(15)10-16)23-9-8-21-5-4-19-2-3-20-6-7-22-11-14(17)18/h12-13H,2-11,16H2,1H3,(H,17,18). The summed E-state index contributed by atoms with van der Waals surface area (Å²) in [5, 5.41) is 8.33. The SMILES string of the molecule is CC(OCCOCCOCCOCCOCC(=O)O)C(F)CN. The van der Waals surface area contributed by atoms with Gasteiger partial charge >= 0.3 is 5.97 Å². The maximum Gasteiger partial charge on any atom is 0.329 e. The van der Waals surface area contributed by atoms with Crippen LogP contribution < -0.4 is 5.73 Å². The number of aliphatic carboxylic acids is 1. The highest BCUT2D eigenvalue weighted by Gasteiger charge is 2.14. The van der Waals surface area contributed by atoms with Crippen molar-refractivity contribution >= 4 is 5.97 Å². The summed E-state index contributed by atoms with van der Waals surface area (Å²) >= 11 is 0. The minimum absolute atomic E-state index is 0.0520. The van der Waals surface area contributed by atoms with Crippen LogP contribution in [0, 0.1) is 0 Å². The van der Waals surface area contributed by atoms with Crippen LogP contribution in [0.25, 0.3) is 0 Å². The number of carbonyl (C=O) groups is 1. The van der Waals surface area contributed by atoms with Crippen molar-refractivity contribution in [1.29, 1.82) is 0 Å². The third-order valence-electron chi connectivity index (χ3n) is 2.68. The van der Waals surface area contributed by atoms with Gasteiger partial charge < -0.3 is 34.5 Å². The molecule has 3 N–H and O–H groups in total. The van der Waals surface area contributed by atoms with Crippen LogP contribution in [0.3, 0.4) is 0 Å². The molecule has 0 spiro atoms. The third-order valence-corrected chi connectivity index (χ3v) is 2.68. The average molecular weight is 341 g/mol. The molecule has 0 aromatic rings. The summed E-state index contributed by atoms with van der Waals surface area (Å²) < 4.78 is 38.7. The van der Waals surface area contributed by atoms with Gasteiger partial charge in [-0.25, -0.2) is 9.18 Å². The first kappa shape index (κ1) is 22.2. The van der Waals surface area contributed by atoms with E-state index in [1.54, 1.807) is 6.92 Å². The first-order valence-corrected chi connectivity index (χ1v) is 7.56. The molecule has 0 saturated heterocycles. The van der Waals surface area contributed by atoms with Crippen molar-refractivity contribution in [2.45, 2.75) is 19.2 Å². The van der Waals surface area contributed by atoms with Crippen molar-refractivity contribution in [3.05, 3.63) is 0 Å². The van der Waals surface area contributed by atoms with Gasteiger partial charge in [0.1, 0.15) is 12.8 Å². The molecule has 23 heavy (non-hydrogen) atoms. The highest BCUT2D eigenvalue weighted by atomic mass is 19.1. The molecular formula is C14H28FNO7. The number of nitrogens with two attached hydrogens (primary N) is 1. The van der Waals surface area contributed by atoms with Crippen LogP contribution in [0.2, 0.25) is 0 Å². The molecule has 0 rings (SSSR count). The van der Waals surface area contributed by atoms with E-state index in [2.05, 4.69) is 0 Å². The number of alkyl halides is 1. The Bertz CT molecular complexity index is 284. The van der Waals surface area contributed by atoms with Crippen molar-refractivity contribution in [2.75, 3.05) is 66.0 Å². The second-order valence-corrected chi connectivity index (χ2v) is 4.61. The van der Waals surface area contributed by atoms with Crippen molar-refractivity contribution in [1.82, 2.24) is 0 Å². The summed E-state index contributed by atoms with van der Waals surface area (Å²) in [4.78, 5) is 10.2.